The summed E-state index contributed by atoms with van der Waals surface area (Å²) in [5.74, 6) is 5.56. The number of hydrogen-bond donors (Lipinski definition) is 2. The second-order valence-electron chi connectivity index (χ2n) is 3.39. The lowest BCUT2D eigenvalue weighted by Gasteiger charge is -2.16. The van der Waals surface area contributed by atoms with Gasteiger partial charge in [-0.1, -0.05) is 11.6 Å². The second-order valence-corrected chi connectivity index (χ2v) is 3.78. The molecule has 16 heavy (non-hydrogen) atoms. The zero-order valence-electron chi connectivity index (χ0n) is 8.76. The van der Waals surface area contributed by atoms with Gasteiger partial charge in [-0.3, -0.25) is 10.5 Å². The lowest BCUT2D eigenvalue weighted by Crippen LogP contribution is -2.30. The second kappa shape index (κ2) is 4.61. The molecule has 0 aliphatic rings. The SMILES string of the molecule is Cn1nccc1C(NN)c1ccnc(Cl)c1. The van der Waals surface area contributed by atoms with Crippen LogP contribution in [0.15, 0.2) is 30.6 Å². The summed E-state index contributed by atoms with van der Waals surface area (Å²) >= 11 is 5.84. The van der Waals surface area contributed by atoms with Crippen molar-refractivity contribution in [3.8, 4) is 0 Å². The molecule has 0 saturated carbocycles. The molecule has 0 bridgehead atoms. The molecule has 2 aromatic heterocycles. The van der Waals surface area contributed by atoms with E-state index in [9.17, 15) is 0 Å². The van der Waals surface area contributed by atoms with Crippen LogP contribution in [0.2, 0.25) is 5.15 Å². The normalized spacial score (nSPS) is 12.7. The number of aryl methyl sites for hydroxylation is 1. The molecule has 0 aliphatic carbocycles. The van der Waals surface area contributed by atoms with Crippen molar-refractivity contribution in [2.45, 2.75) is 6.04 Å². The summed E-state index contributed by atoms with van der Waals surface area (Å²) < 4.78 is 1.76. The first-order valence-electron chi connectivity index (χ1n) is 4.78. The standard InChI is InChI=1S/C10H12ClN5/c1-16-8(3-5-14-16)10(15-12)7-2-4-13-9(11)6-7/h2-6,10,15H,12H2,1H3. The molecule has 2 aromatic rings. The molecule has 1 atom stereocenters. The molecule has 6 heteroatoms. The van der Waals surface area contributed by atoms with E-state index in [1.807, 2.05) is 19.2 Å². The maximum absolute atomic E-state index is 5.84. The largest absolute Gasteiger partial charge is 0.271 e. The maximum atomic E-state index is 5.84. The first-order chi connectivity index (χ1) is 7.72. The molecule has 0 aromatic carbocycles. The first-order valence-corrected chi connectivity index (χ1v) is 5.15. The van der Waals surface area contributed by atoms with Crippen molar-refractivity contribution in [3.63, 3.8) is 0 Å². The molecule has 3 N–H and O–H groups in total. The van der Waals surface area contributed by atoms with Crippen molar-refractivity contribution in [3.05, 3.63) is 47.0 Å². The highest BCUT2D eigenvalue weighted by molar-refractivity contribution is 6.29. The number of rotatable bonds is 3. The smallest absolute Gasteiger partial charge is 0.129 e. The quantitative estimate of drug-likeness (QED) is 0.475. The summed E-state index contributed by atoms with van der Waals surface area (Å²) in [7, 11) is 1.86. The van der Waals surface area contributed by atoms with E-state index in [0.717, 1.165) is 11.3 Å². The van der Waals surface area contributed by atoms with Crippen molar-refractivity contribution in [1.82, 2.24) is 20.2 Å². The van der Waals surface area contributed by atoms with Gasteiger partial charge in [0.2, 0.25) is 0 Å². The maximum Gasteiger partial charge on any atom is 0.129 e. The summed E-state index contributed by atoms with van der Waals surface area (Å²) in [6, 6.07) is 5.40. The predicted octanol–water partition coefficient (Wildman–Crippen LogP) is 1.02. The summed E-state index contributed by atoms with van der Waals surface area (Å²) in [6.07, 6.45) is 3.38. The summed E-state index contributed by atoms with van der Waals surface area (Å²) in [4.78, 5) is 3.93. The molecule has 0 amide bonds. The monoisotopic (exact) mass is 237 g/mol. The van der Waals surface area contributed by atoms with Crippen LogP contribution >= 0.6 is 11.6 Å². The summed E-state index contributed by atoms with van der Waals surface area (Å²) in [5, 5.41) is 4.55. The molecule has 5 nitrogen and oxygen atoms in total. The van der Waals surface area contributed by atoms with Gasteiger partial charge >= 0.3 is 0 Å². The van der Waals surface area contributed by atoms with E-state index in [0.29, 0.717) is 5.15 Å². The van der Waals surface area contributed by atoms with Crippen molar-refractivity contribution >= 4 is 11.6 Å². The number of nitrogens with one attached hydrogen (secondary N) is 1. The Morgan fingerprint density at radius 3 is 2.81 bits per heavy atom. The van der Waals surface area contributed by atoms with E-state index in [-0.39, 0.29) is 6.04 Å². The van der Waals surface area contributed by atoms with E-state index in [2.05, 4.69) is 15.5 Å². The van der Waals surface area contributed by atoms with Gasteiger partial charge in [-0.2, -0.15) is 5.10 Å². The fourth-order valence-electron chi connectivity index (χ4n) is 1.62. The highest BCUT2D eigenvalue weighted by Gasteiger charge is 2.15. The Labute approximate surface area is 98.2 Å². The minimum atomic E-state index is -0.145. The van der Waals surface area contributed by atoms with Crippen molar-refractivity contribution in [2.24, 2.45) is 12.9 Å². The van der Waals surface area contributed by atoms with E-state index >= 15 is 0 Å². The van der Waals surface area contributed by atoms with Crippen LogP contribution in [0.3, 0.4) is 0 Å². The van der Waals surface area contributed by atoms with E-state index in [1.54, 1.807) is 23.1 Å². The van der Waals surface area contributed by atoms with Crippen LogP contribution in [0.4, 0.5) is 0 Å². The zero-order valence-corrected chi connectivity index (χ0v) is 9.52. The Morgan fingerprint density at radius 2 is 2.25 bits per heavy atom. The molecule has 0 aliphatic heterocycles. The van der Waals surface area contributed by atoms with E-state index in [4.69, 9.17) is 17.4 Å². The lowest BCUT2D eigenvalue weighted by molar-refractivity contribution is 0.574. The molecule has 2 heterocycles. The van der Waals surface area contributed by atoms with Gasteiger partial charge in [-0.05, 0) is 23.8 Å². The molecular weight excluding hydrogens is 226 g/mol. The third kappa shape index (κ3) is 2.06. The molecule has 0 saturated heterocycles. The predicted molar refractivity (Wildman–Crippen MR) is 61.6 cm³/mol. The summed E-state index contributed by atoms with van der Waals surface area (Å²) in [6.45, 7) is 0. The van der Waals surface area contributed by atoms with Gasteiger partial charge < -0.3 is 0 Å². The average molecular weight is 238 g/mol. The Bertz CT molecular complexity index is 482. The van der Waals surface area contributed by atoms with Gasteiger partial charge in [-0.25, -0.2) is 10.4 Å². The lowest BCUT2D eigenvalue weighted by atomic mass is 10.1. The van der Waals surface area contributed by atoms with E-state index in [1.165, 1.54) is 0 Å². The van der Waals surface area contributed by atoms with Crippen LogP contribution in [0, 0.1) is 0 Å². The Hall–Kier alpha value is -1.43. The van der Waals surface area contributed by atoms with Crippen LogP contribution in [0.25, 0.3) is 0 Å². The fourth-order valence-corrected chi connectivity index (χ4v) is 1.80. The van der Waals surface area contributed by atoms with Gasteiger partial charge in [0.1, 0.15) is 5.15 Å². The molecule has 0 fully saturated rings. The highest BCUT2D eigenvalue weighted by Crippen LogP contribution is 2.21. The van der Waals surface area contributed by atoms with Crippen LogP contribution in [-0.2, 0) is 7.05 Å². The highest BCUT2D eigenvalue weighted by atomic mass is 35.5. The Morgan fingerprint density at radius 1 is 1.44 bits per heavy atom. The topological polar surface area (TPSA) is 68.8 Å². The van der Waals surface area contributed by atoms with Gasteiger partial charge in [-0.15, -0.1) is 0 Å². The molecular formula is C10H12ClN5. The Balaban J connectivity index is 2.40. The molecule has 2 rings (SSSR count). The number of aromatic nitrogens is 3. The average Bonchev–Trinajstić information content (AvgIpc) is 2.67. The molecule has 0 spiro atoms. The number of hydrogen-bond acceptors (Lipinski definition) is 4. The minimum absolute atomic E-state index is 0.145. The van der Waals surface area contributed by atoms with Crippen molar-refractivity contribution in [1.29, 1.82) is 0 Å². The number of halogens is 1. The number of pyridine rings is 1. The van der Waals surface area contributed by atoms with Crippen molar-refractivity contribution < 1.29 is 0 Å². The third-order valence-electron chi connectivity index (χ3n) is 2.41. The first kappa shape index (κ1) is 11.1. The van der Waals surface area contributed by atoms with Crippen LogP contribution < -0.4 is 11.3 Å². The zero-order chi connectivity index (χ0) is 11.5. The molecule has 1 unspecified atom stereocenters. The van der Waals surface area contributed by atoms with E-state index < -0.39 is 0 Å². The number of nitrogens with zero attached hydrogens (tertiary/aromatic N) is 3. The van der Waals surface area contributed by atoms with Crippen LogP contribution in [-0.4, -0.2) is 14.8 Å². The van der Waals surface area contributed by atoms with Gasteiger partial charge in [0.25, 0.3) is 0 Å². The van der Waals surface area contributed by atoms with Crippen LogP contribution in [0.5, 0.6) is 0 Å². The minimum Gasteiger partial charge on any atom is -0.271 e. The van der Waals surface area contributed by atoms with Crippen LogP contribution in [0.1, 0.15) is 17.3 Å². The fraction of sp³-hybridized carbons (Fsp3) is 0.200. The Kier molecular flexibility index (Phi) is 3.19. The summed E-state index contributed by atoms with van der Waals surface area (Å²) in [5.41, 5.74) is 4.65. The van der Waals surface area contributed by atoms with Crippen molar-refractivity contribution in [2.75, 3.05) is 0 Å². The van der Waals surface area contributed by atoms with Gasteiger partial charge in [0, 0.05) is 19.4 Å². The van der Waals surface area contributed by atoms with Gasteiger partial charge in [0.05, 0.1) is 11.7 Å². The third-order valence-corrected chi connectivity index (χ3v) is 2.61. The number of hydrazine groups is 1. The van der Waals surface area contributed by atoms with Gasteiger partial charge in [0.15, 0.2) is 0 Å². The molecule has 84 valence electrons. The number of nitrogens with two attached hydrogens (primary N) is 1. The molecule has 0 radical (unpaired) electrons.